The number of benzene rings is 1. The second-order valence-electron chi connectivity index (χ2n) is 5.10. The molecule has 6 heteroatoms. The molecule has 1 amide bonds. The molecular weight excluding hydrogens is 270 g/mol. The van der Waals surface area contributed by atoms with Crippen molar-refractivity contribution in [1.29, 1.82) is 0 Å². The van der Waals surface area contributed by atoms with Crippen molar-refractivity contribution in [3.05, 3.63) is 36.0 Å². The number of carbonyl (C=O) groups excluding carboxylic acids is 1. The van der Waals surface area contributed by atoms with E-state index in [0.717, 1.165) is 16.5 Å². The molecule has 0 saturated carbocycles. The molecule has 0 bridgehead atoms. The van der Waals surface area contributed by atoms with Gasteiger partial charge >= 0.3 is 5.97 Å². The average molecular weight is 289 g/mol. The van der Waals surface area contributed by atoms with Crippen LogP contribution in [0.4, 0.5) is 0 Å². The van der Waals surface area contributed by atoms with Gasteiger partial charge in [0, 0.05) is 36.0 Å². The van der Waals surface area contributed by atoms with Gasteiger partial charge in [0.25, 0.3) is 0 Å². The van der Waals surface area contributed by atoms with E-state index in [-0.39, 0.29) is 18.9 Å². The molecule has 0 spiro atoms. The molecule has 2 atom stereocenters. The number of rotatable bonds is 6. The van der Waals surface area contributed by atoms with Crippen molar-refractivity contribution in [2.24, 2.45) is 11.7 Å². The zero-order valence-electron chi connectivity index (χ0n) is 11.8. The molecular formula is C15H19N3O3. The molecule has 2 aromatic rings. The first-order valence-electron chi connectivity index (χ1n) is 6.81. The van der Waals surface area contributed by atoms with Gasteiger partial charge < -0.3 is 21.1 Å². The number of aromatic nitrogens is 1. The summed E-state index contributed by atoms with van der Waals surface area (Å²) in [5, 5.41) is 12.8. The third-order valence-corrected chi connectivity index (χ3v) is 3.51. The van der Waals surface area contributed by atoms with Gasteiger partial charge in [0.2, 0.25) is 5.91 Å². The number of aromatic amines is 1. The second kappa shape index (κ2) is 6.41. The molecule has 0 fully saturated rings. The summed E-state index contributed by atoms with van der Waals surface area (Å²) in [6, 6.07) is 6.67. The second-order valence-corrected chi connectivity index (χ2v) is 5.10. The van der Waals surface area contributed by atoms with Crippen LogP contribution in [0.2, 0.25) is 0 Å². The monoisotopic (exact) mass is 289 g/mol. The number of fused-ring (bicyclic) bond motifs is 1. The summed E-state index contributed by atoms with van der Waals surface area (Å²) >= 11 is 0. The number of carboxylic acid groups (broad SMARTS) is 1. The van der Waals surface area contributed by atoms with Gasteiger partial charge in [0.05, 0.1) is 0 Å². The number of nitrogens with one attached hydrogen (secondary N) is 2. The molecule has 0 aliphatic rings. The summed E-state index contributed by atoms with van der Waals surface area (Å²) in [6.45, 7) is 1.85. The minimum Gasteiger partial charge on any atom is -0.480 e. The fourth-order valence-corrected chi connectivity index (χ4v) is 2.14. The van der Waals surface area contributed by atoms with E-state index in [1.54, 1.807) is 13.1 Å². The SMILES string of the molecule is CC(CN)C(=O)N[C@@H](Cc1c[nH]c2ccccc12)C(=O)O. The summed E-state index contributed by atoms with van der Waals surface area (Å²) in [5.74, 6) is -1.81. The van der Waals surface area contributed by atoms with E-state index in [1.165, 1.54) is 0 Å². The average Bonchev–Trinajstić information content (AvgIpc) is 2.88. The summed E-state index contributed by atoms with van der Waals surface area (Å²) in [7, 11) is 0. The lowest BCUT2D eigenvalue weighted by atomic mass is 10.0. The molecule has 0 radical (unpaired) electrons. The first kappa shape index (κ1) is 15.1. The summed E-state index contributed by atoms with van der Waals surface area (Å²) in [4.78, 5) is 26.3. The van der Waals surface area contributed by atoms with Crippen LogP contribution in [-0.2, 0) is 16.0 Å². The van der Waals surface area contributed by atoms with Crippen LogP contribution in [0.3, 0.4) is 0 Å². The highest BCUT2D eigenvalue weighted by molar-refractivity contribution is 5.87. The Balaban J connectivity index is 2.17. The summed E-state index contributed by atoms with van der Waals surface area (Å²) in [5.41, 5.74) is 7.22. The van der Waals surface area contributed by atoms with Crippen molar-refractivity contribution in [1.82, 2.24) is 10.3 Å². The molecule has 1 aromatic heterocycles. The van der Waals surface area contributed by atoms with Crippen LogP contribution in [0.15, 0.2) is 30.5 Å². The Morgan fingerprint density at radius 2 is 2.10 bits per heavy atom. The van der Waals surface area contributed by atoms with Gasteiger partial charge in [-0.15, -0.1) is 0 Å². The number of amides is 1. The van der Waals surface area contributed by atoms with Gasteiger partial charge in [-0.1, -0.05) is 25.1 Å². The summed E-state index contributed by atoms with van der Waals surface area (Å²) in [6.07, 6.45) is 2.00. The smallest absolute Gasteiger partial charge is 0.326 e. The first-order valence-corrected chi connectivity index (χ1v) is 6.81. The van der Waals surface area contributed by atoms with Crippen LogP contribution in [0.5, 0.6) is 0 Å². The number of nitrogens with two attached hydrogens (primary N) is 1. The zero-order valence-corrected chi connectivity index (χ0v) is 11.8. The van der Waals surface area contributed by atoms with Gasteiger partial charge in [0.1, 0.15) is 6.04 Å². The quantitative estimate of drug-likeness (QED) is 0.633. The Kier molecular flexibility index (Phi) is 4.59. The Morgan fingerprint density at radius 1 is 1.38 bits per heavy atom. The molecule has 1 aromatic carbocycles. The van der Waals surface area contributed by atoms with E-state index in [0.29, 0.717) is 0 Å². The molecule has 0 aliphatic carbocycles. The normalized spacial score (nSPS) is 13.8. The van der Waals surface area contributed by atoms with Gasteiger partial charge in [-0.3, -0.25) is 4.79 Å². The summed E-state index contributed by atoms with van der Waals surface area (Å²) < 4.78 is 0. The number of H-pyrrole nitrogens is 1. The molecule has 2 rings (SSSR count). The number of para-hydroxylation sites is 1. The highest BCUT2D eigenvalue weighted by Gasteiger charge is 2.23. The van der Waals surface area contributed by atoms with Crippen LogP contribution in [0.25, 0.3) is 10.9 Å². The number of hydrogen-bond acceptors (Lipinski definition) is 3. The van der Waals surface area contributed by atoms with Crippen molar-refractivity contribution in [3.8, 4) is 0 Å². The maximum Gasteiger partial charge on any atom is 0.326 e. The van der Waals surface area contributed by atoms with Gasteiger partial charge in [0.15, 0.2) is 0 Å². The maximum atomic E-state index is 11.8. The highest BCUT2D eigenvalue weighted by atomic mass is 16.4. The lowest BCUT2D eigenvalue weighted by Crippen LogP contribution is -2.45. The minimum atomic E-state index is -1.06. The lowest BCUT2D eigenvalue weighted by molar-refractivity contribution is -0.142. The van der Waals surface area contributed by atoms with Crippen LogP contribution >= 0.6 is 0 Å². The molecule has 6 nitrogen and oxygen atoms in total. The van der Waals surface area contributed by atoms with E-state index in [2.05, 4.69) is 10.3 Å². The number of carbonyl (C=O) groups is 2. The molecule has 1 unspecified atom stereocenters. The lowest BCUT2D eigenvalue weighted by Gasteiger charge is -2.16. The largest absolute Gasteiger partial charge is 0.480 e. The number of aliphatic carboxylic acids is 1. The van der Waals surface area contributed by atoms with Crippen molar-refractivity contribution >= 4 is 22.8 Å². The Morgan fingerprint density at radius 3 is 2.76 bits per heavy atom. The van der Waals surface area contributed by atoms with E-state index in [9.17, 15) is 14.7 Å². The van der Waals surface area contributed by atoms with Crippen LogP contribution < -0.4 is 11.1 Å². The maximum absolute atomic E-state index is 11.8. The highest BCUT2D eigenvalue weighted by Crippen LogP contribution is 2.19. The van der Waals surface area contributed by atoms with E-state index in [1.807, 2.05) is 24.3 Å². The molecule has 0 aliphatic heterocycles. The van der Waals surface area contributed by atoms with Gasteiger partial charge in [-0.2, -0.15) is 0 Å². The topological polar surface area (TPSA) is 108 Å². The van der Waals surface area contributed by atoms with Gasteiger partial charge in [-0.25, -0.2) is 4.79 Å². The molecule has 5 N–H and O–H groups in total. The van der Waals surface area contributed by atoms with Crippen molar-refractivity contribution in [2.75, 3.05) is 6.54 Å². The Bertz CT molecular complexity index is 650. The third kappa shape index (κ3) is 3.41. The van der Waals surface area contributed by atoms with E-state index >= 15 is 0 Å². The predicted molar refractivity (Wildman–Crippen MR) is 79.8 cm³/mol. The van der Waals surface area contributed by atoms with E-state index in [4.69, 9.17) is 5.73 Å². The number of hydrogen-bond donors (Lipinski definition) is 4. The zero-order chi connectivity index (χ0) is 15.4. The minimum absolute atomic E-state index is 0.186. The van der Waals surface area contributed by atoms with Gasteiger partial charge in [-0.05, 0) is 11.6 Å². The van der Waals surface area contributed by atoms with Crippen molar-refractivity contribution < 1.29 is 14.7 Å². The third-order valence-electron chi connectivity index (χ3n) is 3.51. The Labute approximate surface area is 122 Å². The van der Waals surface area contributed by atoms with Crippen LogP contribution in [-0.4, -0.2) is 34.6 Å². The standard InChI is InChI=1S/C15H19N3O3/c1-9(7-16)14(19)18-13(15(20)21)6-10-8-17-12-5-3-2-4-11(10)12/h2-5,8-9,13,17H,6-7,16H2,1H3,(H,18,19)(H,20,21)/t9?,13-/m0/s1. The fourth-order valence-electron chi connectivity index (χ4n) is 2.14. The predicted octanol–water partition coefficient (Wildman–Crippen LogP) is 0.875. The van der Waals surface area contributed by atoms with Crippen molar-refractivity contribution in [3.63, 3.8) is 0 Å². The first-order chi connectivity index (χ1) is 10.0. The number of carboxylic acids is 1. The Hall–Kier alpha value is -2.34. The van der Waals surface area contributed by atoms with Crippen molar-refractivity contribution in [2.45, 2.75) is 19.4 Å². The fraction of sp³-hybridized carbons (Fsp3) is 0.333. The van der Waals surface area contributed by atoms with E-state index < -0.39 is 17.9 Å². The molecule has 112 valence electrons. The molecule has 1 heterocycles. The molecule has 21 heavy (non-hydrogen) atoms. The van der Waals surface area contributed by atoms with Crippen LogP contribution in [0.1, 0.15) is 12.5 Å². The molecule has 0 saturated heterocycles. The van der Waals surface area contributed by atoms with Crippen LogP contribution in [0, 0.1) is 5.92 Å².